The van der Waals surface area contributed by atoms with Gasteiger partial charge in [-0.15, -0.1) is 0 Å². The summed E-state index contributed by atoms with van der Waals surface area (Å²) in [5.41, 5.74) is 4.47. The summed E-state index contributed by atoms with van der Waals surface area (Å²) >= 11 is 0. The predicted octanol–water partition coefficient (Wildman–Crippen LogP) is 2.52. The van der Waals surface area contributed by atoms with Gasteiger partial charge in [0.1, 0.15) is 18.3 Å². The predicted molar refractivity (Wildman–Crippen MR) is 125 cm³/mol. The Morgan fingerprint density at radius 1 is 1.09 bits per heavy atom. The van der Waals surface area contributed by atoms with E-state index in [0.29, 0.717) is 0 Å². The first-order valence-electron chi connectivity index (χ1n) is 10.7. The molecule has 0 bridgehead atoms. The van der Waals surface area contributed by atoms with Crippen LogP contribution in [0.2, 0.25) is 0 Å². The molecule has 10 heteroatoms. The van der Waals surface area contributed by atoms with Crippen LogP contribution < -0.4 is 10.6 Å². The zero-order valence-corrected chi connectivity index (χ0v) is 18.7. The lowest BCUT2D eigenvalue weighted by Gasteiger charge is -2.18. The number of carboxylic acids is 1. The number of carboxylic acid groups (broad SMARTS) is 1. The quantitative estimate of drug-likeness (QED) is 0.403. The van der Waals surface area contributed by atoms with Gasteiger partial charge in [0, 0.05) is 18.5 Å². The van der Waals surface area contributed by atoms with Crippen molar-refractivity contribution in [3.8, 4) is 11.1 Å². The summed E-state index contributed by atoms with van der Waals surface area (Å²) in [6.45, 7) is 0.266. The number of amides is 2. The van der Waals surface area contributed by atoms with Crippen LogP contribution in [0.15, 0.2) is 54.6 Å². The summed E-state index contributed by atoms with van der Waals surface area (Å²) in [7, 11) is 3.41. The lowest BCUT2D eigenvalue weighted by Crippen LogP contribution is -2.47. The van der Waals surface area contributed by atoms with E-state index in [-0.39, 0.29) is 30.6 Å². The Labute approximate surface area is 195 Å². The van der Waals surface area contributed by atoms with E-state index in [1.54, 1.807) is 19.0 Å². The van der Waals surface area contributed by atoms with Gasteiger partial charge in [0.2, 0.25) is 0 Å². The molecule has 2 aromatic carbocycles. The highest BCUT2D eigenvalue weighted by molar-refractivity contribution is 5.96. The van der Waals surface area contributed by atoms with Crippen LogP contribution in [-0.2, 0) is 9.53 Å². The van der Waals surface area contributed by atoms with Gasteiger partial charge in [-0.05, 0) is 36.3 Å². The molecule has 10 nitrogen and oxygen atoms in total. The topological polar surface area (TPSA) is 137 Å². The van der Waals surface area contributed by atoms with Crippen molar-refractivity contribution in [2.75, 3.05) is 32.6 Å². The van der Waals surface area contributed by atoms with Gasteiger partial charge >= 0.3 is 12.1 Å². The average Bonchev–Trinajstić information content (AvgIpc) is 3.39. The summed E-state index contributed by atoms with van der Waals surface area (Å²) in [6.07, 6.45) is -0.712. The second kappa shape index (κ2) is 9.75. The van der Waals surface area contributed by atoms with E-state index in [4.69, 9.17) is 4.74 Å². The Bertz CT molecular complexity index is 1180. The van der Waals surface area contributed by atoms with Crippen molar-refractivity contribution in [3.05, 3.63) is 71.4 Å². The first-order valence-corrected chi connectivity index (χ1v) is 10.7. The molecule has 1 heterocycles. The Kier molecular flexibility index (Phi) is 6.60. The highest BCUT2D eigenvalue weighted by Crippen LogP contribution is 2.44. The molecule has 176 valence electrons. The number of benzene rings is 2. The van der Waals surface area contributed by atoms with Crippen molar-refractivity contribution in [3.63, 3.8) is 0 Å². The van der Waals surface area contributed by atoms with E-state index in [1.807, 2.05) is 36.4 Å². The maximum atomic E-state index is 12.4. The third-order valence-electron chi connectivity index (χ3n) is 5.55. The van der Waals surface area contributed by atoms with Crippen LogP contribution in [0.1, 0.15) is 27.5 Å². The number of carbonyl (C=O) groups is 3. The van der Waals surface area contributed by atoms with Crippen LogP contribution in [0.5, 0.6) is 0 Å². The van der Waals surface area contributed by atoms with Crippen molar-refractivity contribution in [2.45, 2.75) is 12.0 Å². The van der Waals surface area contributed by atoms with E-state index < -0.39 is 24.0 Å². The van der Waals surface area contributed by atoms with Gasteiger partial charge in [-0.2, -0.15) is 5.10 Å². The number of aliphatic carboxylic acids is 1. The minimum Gasteiger partial charge on any atom is -0.480 e. The molecular weight excluding hydrogens is 438 g/mol. The van der Waals surface area contributed by atoms with Crippen molar-refractivity contribution < 1.29 is 24.2 Å². The normalized spacial score (nSPS) is 13.1. The number of ether oxygens (including phenoxy) is 1. The number of H-pyrrole nitrogens is 1. The molecule has 0 fully saturated rings. The van der Waals surface area contributed by atoms with Gasteiger partial charge in [0.05, 0.1) is 0 Å². The highest BCUT2D eigenvalue weighted by Gasteiger charge is 2.29. The van der Waals surface area contributed by atoms with E-state index >= 15 is 0 Å². The number of anilines is 1. The molecule has 1 aromatic heterocycles. The monoisotopic (exact) mass is 463 g/mol. The molecule has 34 heavy (non-hydrogen) atoms. The summed E-state index contributed by atoms with van der Waals surface area (Å²) in [4.78, 5) is 37.8. The van der Waals surface area contributed by atoms with E-state index in [9.17, 15) is 19.5 Å². The molecule has 2 amide bonds. The van der Waals surface area contributed by atoms with E-state index in [2.05, 4.69) is 33.0 Å². The van der Waals surface area contributed by atoms with E-state index in [0.717, 1.165) is 22.3 Å². The maximum Gasteiger partial charge on any atom is 0.412 e. The number of aromatic nitrogens is 2. The second-order valence-electron chi connectivity index (χ2n) is 8.24. The van der Waals surface area contributed by atoms with Crippen LogP contribution >= 0.6 is 0 Å². The molecule has 0 radical (unpaired) electrons. The van der Waals surface area contributed by atoms with Crippen LogP contribution in [0.3, 0.4) is 0 Å². The minimum atomic E-state index is -1.15. The standard InChI is InChI=1S/C24H25N5O5/c1-29(2)12-20(23(31)32)25-22(30)19-11-21(28-27-19)26-24(33)34-13-18-16-9-5-3-7-14(16)15-8-4-6-10-17(15)18/h3-11,18,20H,12-13H2,1-2H3,(H,25,30)(H,31,32)(H2,26,27,28,33). The Balaban J connectivity index is 1.36. The Hall–Kier alpha value is -4.18. The molecular formula is C24H25N5O5. The molecule has 0 aliphatic heterocycles. The number of nitrogens with zero attached hydrogens (tertiary/aromatic N) is 2. The van der Waals surface area contributed by atoms with Gasteiger partial charge < -0.3 is 20.1 Å². The first-order chi connectivity index (χ1) is 16.3. The Morgan fingerprint density at radius 2 is 1.71 bits per heavy atom. The summed E-state index contributed by atoms with van der Waals surface area (Å²) < 4.78 is 5.47. The molecule has 0 spiro atoms. The number of aromatic amines is 1. The number of nitrogens with one attached hydrogen (secondary N) is 3. The van der Waals surface area contributed by atoms with Crippen LogP contribution in [-0.4, -0.2) is 71.5 Å². The molecule has 4 rings (SSSR count). The first kappa shape index (κ1) is 23.0. The minimum absolute atomic E-state index is 0.0129. The maximum absolute atomic E-state index is 12.4. The van der Waals surface area contributed by atoms with Crippen LogP contribution in [0, 0.1) is 0 Å². The average molecular weight is 463 g/mol. The van der Waals surface area contributed by atoms with E-state index in [1.165, 1.54) is 6.07 Å². The zero-order valence-electron chi connectivity index (χ0n) is 18.7. The van der Waals surface area contributed by atoms with Crippen LogP contribution in [0.4, 0.5) is 10.6 Å². The largest absolute Gasteiger partial charge is 0.480 e. The third-order valence-corrected chi connectivity index (χ3v) is 5.55. The zero-order chi connectivity index (χ0) is 24.2. The summed E-state index contributed by atoms with van der Waals surface area (Å²) in [5, 5.41) is 20.6. The lowest BCUT2D eigenvalue weighted by atomic mass is 9.98. The lowest BCUT2D eigenvalue weighted by molar-refractivity contribution is -0.139. The summed E-state index contributed by atoms with van der Waals surface area (Å²) in [5.74, 6) is -1.80. The molecule has 3 aromatic rings. The molecule has 1 aliphatic rings. The molecule has 1 unspecified atom stereocenters. The fourth-order valence-electron chi connectivity index (χ4n) is 4.03. The molecule has 0 saturated carbocycles. The fourth-order valence-corrected chi connectivity index (χ4v) is 4.03. The molecule has 1 aliphatic carbocycles. The number of hydrogen-bond donors (Lipinski definition) is 4. The molecule has 0 saturated heterocycles. The second-order valence-corrected chi connectivity index (χ2v) is 8.24. The van der Waals surface area contributed by atoms with Crippen molar-refractivity contribution in [1.82, 2.24) is 20.4 Å². The fraction of sp³-hybridized carbons (Fsp3) is 0.250. The van der Waals surface area contributed by atoms with Crippen molar-refractivity contribution >= 4 is 23.8 Å². The third kappa shape index (κ3) is 4.91. The van der Waals surface area contributed by atoms with Crippen LogP contribution in [0.25, 0.3) is 11.1 Å². The van der Waals surface area contributed by atoms with Gasteiger partial charge in [0.25, 0.3) is 5.91 Å². The Morgan fingerprint density at radius 3 is 2.29 bits per heavy atom. The van der Waals surface area contributed by atoms with Gasteiger partial charge in [-0.3, -0.25) is 15.2 Å². The number of likely N-dealkylation sites (N-methyl/N-ethyl adjacent to an activating group) is 1. The summed E-state index contributed by atoms with van der Waals surface area (Å²) in [6, 6.07) is 16.3. The van der Waals surface area contributed by atoms with Gasteiger partial charge in [0.15, 0.2) is 5.82 Å². The molecule has 4 N–H and O–H groups in total. The van der Waals surface area contributed by atoms with Gasteiger partial charge in [-0.25, -0.2) is 9.59 Å². The molecule has 1 atom stereocenters. The number of fused-ring (bicyclic) bond motifs is 3. The number of hydrogen-bond acceptors (Lipinski definition) is 6. The SMILES string of the molecule is CN(C)CC(NC(=O)c1cc(NC(=O)OCC2c3ccccc3-c3ccccc32)n[nH]1)C(=O)O. The smallest absolute Gasteiger partial charge is 0.412 e. The van der Waals surface area contributed by atoms with Gasteiger partial charge in [-0.1, -0.05) is 48.5 Å². The highest BCUT2D eigenvalue weighted by atomic mass is 16.5. The van der Waals surface area contributed by atoms with Crippen molar-refractivity contribution in [1.29, 1.82) is 0 Å². The van der Waals surface area contributed by atoms with Crippen molar-refractivity contribution in [2.24, 2.45) is 0 Å². The number of carbonyl (C=O) groups excluding carboxylic acids is 2. The number of rotatable bonds is 8.